The lowest BCUT2D eigenvalue weighted by Crippen LogP contribution is -2.40. The van der Waals surface area contributed by atoms with Crippen LogP contribution in [0.5, 0.6) is 0 Å². The van der Waals surface area contributed by atoms with Crippen molar-refractivity contribution in [3.8, 4) is 0 Å². The molecule has 2 heterocycles. The highest BCUT2D eigenvalue weighted by Gasteiger charge is 2.31. The number of nitrogens with one attached hydrogen (secondary N) is 1. The van der Waals surface area contributed by atoms with Gasteiger partial charge in [0.2, 0.25) is 11.8 Å². The molecule has 0 spiro atoms. The largest absolute Gasteiger partial charge is 0.343 e. The van der Waals surface area contributed by atoms with Crippen LogP contribution >= 0.6 is 11.8 Å². The first-order valence-electron chi connectivity index (χ1n) is 9.31. The minimum Gasteiger partial charge on any atom is -0.343 e. The highest BCUT2D eigenvalue weighted by atomic mass is 32.2. The Bertz CT molecular complexity index is 845. The van der Waals surface area contributed by atoms with Crippen molar-refractivity contribution in [3.05, 3.63) is 18.2 Å². The maximum absolute atomic E-state index is 12.9. The molecule has 3 rings (SSSR count). The van der Waals surface area contributed by atoms with Gasteiger partial charge >= 0.3 is 0 Å². The number of hydrogen-bond acceptors (Lipinski definition) is 5. The molecule has 0 saturated carbocycles. The van der Waals surface area contributed by atoms with Crippen LogP contribution < -0.4 is 5.32 Å². The van der Waals surface area contributed by atoms with Crippen molar-refractivity contribution in [2.75, 3.05) is 18.4 Å². The molecule has 6 nitrogen and oxygen atoms in total. The Kier molecular flexibility index (Phi) is 5.86. The second kappa shape index (κ2) is 7.83. The summed E-state index contributed by atoms with van der Waals surface area (Å²) in [7, 11) is -3.66. The van der Waals surface area contributed by atoms with E-state index in [-0.39, 0.29) is 28.4 Å². The first-order chi connectivity index (χ1) is 12.7. The number of thioether (sulfide) groups is 1. The van der Waals surface area contributed by atoms with Crippen molar-refractivity contribution in [1.29, 1.82) is 0 Å². The van der Waals surface area contributed by atoms with E-state index in [4.69, 9.17) is 0 Å². The maximum atomic E-state index is 12.9. The van der Waals surface area contributed by atoms with Gasteiger partial charge in [0.25, 0.3) is 0 Å². The van der Waals surface area contributed by atoms with Gasteiger partial charge in [0.05, 0.1) is 21.1 Å². The van der Waals surface area contributed by atoms with Gasteiger partial charge in [-0.1, -0.05) is 6.92 Å². The fourth-order valence-electron chi connectivity index (χ4n) is 3.34. The third-order valence-corrected chi connectivity index (χ3v) is 8.65. The Labute approximate surface area is 165 Å². The quantitative estimate of drug-likeness (QED) is 0.825. The number of hydrogen-bond donors (Lipinski definition) is 1. The normalized spacial score (nSPS) is 22.1. The van der Waals surface area contributed by atoms with E-state index < -0.39 is 15.1 Å². The molecular formula is C19H26N2O4S2. The molecule has 0 bridgehead atoms. The Hall–Kier alpha value is -1.54. The van der Waals surface area contributed by atoms with Gasteiger partial charge in [0.15, 0.2) is 9.84 Å². The van der Waals surface area contributed by atoms with Gasteiger partial charge in [0, 0.05) is 24.4 Å². The molecule has 148 valence electrons. The van der Waals surface area contributed by atoms with Crippen LogP contribution in [0.4, 0.5) is 5.69 Å². The molecule has 2 aliphatic rings. The smallest absolute Gasteiger partial charge is 0.237 e. The van der Waals surface area contributed by atoms with Crippen LogP contribution in [-0.2, 0) is 19.4 Å². The van der Waals surface area contributed by atoms with Crippen molar-refractivity contribution in [2.45, 2.75) is 60.3 Å². The summed E-state index contributed by atoms with van der Waals surface area (Å²) >= 11 is 1.41. The lowest BCUT2D eigenvalue weighted by atomic mass is 9.99. The molecule has 1 N–H and O–H groups in total. The Morgan fingerprint density at radius 1 is 1.30 bits per heavy atom. The molecule has 0 unspecified atom stereocenters. The van der Waals surface area contributed by atoms with E-state index in [0.717, 1.165) is 17.7 Å². The number of nitrogens with zero attached hydrogens (tertiary/aromatic N) is 1. The van der Waals surface area contributed by atoms with Gasteiger partial charge in [-0.3, -0.25) is 9.59 Å². The number of fused-ring (bicyclic) bond motifs is 1. The summed E-state index contributed by atoms with van der Waals surface area (Å²) in [5.74, 6) is 0.375. The van der Waals surface area contributed by atoms with Crippen LogP contribution in [0.15, 0.2) is 28.0 Å². The van der Waals surface area contributed by atoms with E-state index in [0.29, 0.717) is 24.7 Å². The summed E-state index contributed by atoms with van der Waals surface area (Å²) in [6, 6.07) is 4.79. The van der Waals surface area contributed by atoms with E-state index in [1.807, 2.05) is 6.92 Å². The summed E-state index contributed by atoms with van der Waals surface area (Å²) in [6.07, 6.45) is 1.91. The fourth-order valence-corrected chi connectivity index (χ4v) is 5.64. The van der Waals surface area contributed by atoms with Crippen molar-refractivity contribution < 1.29 is 18.0 Å². The molecule has 0 radical (unpaired) electrons. The van der Waals surface area contributed by atoms with Crippen molar-refractivity contribution in [1.82, 2.24) is 4.90 Å². The zero-order valence-electron chi connectivity index (χ0n) is 15.9. The first-order valence-corrected chi connectivity index (χ1v) is 11.7. The van der Waals surface area contributed by atoms with E-state index in [2.05, 4.69) is 12.2 Å². The molecule has 2 amide bonds. The van der Waals surface area contributed by atoms with Crippen LogP contribution in [0.2, 0.25) is 0 Å². The highest BCUT2D eigenvalue weighted by Crippen LogP contribution is 2.37. The summed E-state index contributed by atoms with van der Waals surface area (Å²) in [4.78, 5) is 27.1. The SMILES string of the molecule is CC1CCN(C(=O)C[C@@H](C)S(=O)(=O)c2ccc3c(c2)NC(=O)[C@H](C)S3)CC1. The molecule has 1 saturated heterocycles. The number of carbonyl (C=O) groups excluding carboxylic acids is 2. The van der Waals surface area contributed by atoms with E-state index >= 15 is 0 Å². The van der Waals surface area contributed by atoms with E-state index in [1.54, 1.807) is 24.0 Å². The molecule has 2 aliphatic heterocycles. The number of anilines is 1. The standard InChI is InChI=1S/C19H26N2O4S2/c1-12-6-8-21(9-7-12)18(22)10-13(2)27(24,25)15-4-5-17-16(11-15)20-19(23)14(3)26-17/h4-5,11-14H,6-10H2,1-3H3,(H,20,23)/t13-,14+/m1/s1. The number of rotatable bonds is 4. The van der Waals surface area contributed by atoms with E-state index in [9.17, 15) is 18.0 Å². The number of likely N-dealkylation sites (tertiary alicyclic amines) is 1. The van der Waals surface area contributed by atoms with Crippen LogP contribution in [0.1, 0.15) is 40.0 Å². The second-order valence-electron chi connectivity index (χ2n) is 7.53. The average molecular weight is 411 g/mol. The second-order valence-corrected chi connectivity index (χ2v) is 11.3. The first kappa shape index (κ1) is 20.2. The molecule has 2 atom stereocenters. The molecule has 27 heavy (non-hydrogen) atoms. The van der Waals surface area contributed by atoms with Crippen molar-refractivity contribution in [2.24, 2.45) is 5.92 Å². The summed E-state index contributed by atoms with van der Waals surface area (Å²) < 4.78 is 25.9. The highest BCUT2D eigenvalue weighted by molar-refractivity contribution is 8.01. The summed E-state index contributed by atoms with van der Waals surface area (Å²) in [6.45, 7) is 6.96. The monoisotopic (exact) mass is 410 g/mol. The predicted octanol–water partition coefficient (Wildman–Crippen LogP) is 2.93. The maximum Gasteiger partial charge on any atom is 0.237 e. The zero-order chi connectivity index (χ0) is 19.8. The zero-order valence-corrected chi connectivity index (χ0v) is 17.5. The van der Waals surface area contributed by atoms with Crippen molar-refractivity contribution >= 4 is 39.1 Å². The molecule has 8 heteroatoms. The van der Waals surface area contributed by atoms with Crippen molar-refractivity contribution in [3.63, 3.8) is 0 Å². The lowest BCUT2D eigenvalue weighted by molar-refractivity contribution is -0.132. The third-order valence-electron chi connectivity index (χ3n) is 5.34. The number of carbonyl (C=O) groups is 2. The average Bonchev–Trinajstić information content (AvgIpc) is 2.62. The minimum atomic E-state index is -3.66. The van der Waals surface area contributed by atoms with Gasteiger partial charge in [-0.15, -0.1) is 11.8 Å². The van der Waals surface area contributed by atoms with Gasteiger partial charge in [-0.05, 0) is 50.8 Å². The van der Waals surface area contributed by atoms with Gasteiger partial charge in [-0.2, -0.15) is 0 Å². The van der Waals surface area contributed by atoms with Crippen LogP contribution in [0, 0.1) is 5.92 Å². The Morgan fingerprint density at radius 2 is 1.96 bits per heavy atom. The van der Waals surface area contributed by atoms with Gasteiger partial charge < -0.3 is 10.2 Å². The van der Waals surface area contributed by atoms with Crippen LogP contribution in [0.25, 0.3) is 0 Å². The molecule has 1 aromatic rings. The van der Waals surface area contributed by atoms with Crippen LogP contribution in [0.3, 0.4) is 0 Å². The molecular weight excluding hydrogens is 384 g/mol. The van der Waals surface area contributed by atoms with Gasteiger partial charge in [0.1, 0.15) is 0 Å². The minimum absolute atomic E-state index is 0.0219. The number of amides is 2. The summed E-state index contributed by atoms with van der Waals surface area (Å²) in [5, 5.41) is 1.74. The molecule has 1 fully saturated rings. The fraction of sp³-hybridized carbons (Fsp3) is 0.579. The third kappa shape index (κ3) is 4.32. The lowest BCUT2D eigenvalue weighted by Gasteiger charge is -2.31. The summed E-state index contributed by atoms with van der Waals surface area (Å²) in [5.41, 5.74) is 0.521. The predicted molar refractivity (Wildman–Crippen MR) is 107 cm³/mol. The molecule has 1 aromatic carbocycles. The van der Waals surface area contributed by atoms with Gasteiger partial charge in [-0.25, -0.2) is 8.42 Å². The topological polar surface area (TPSA) is 83.6 Å². The Balaban J connectivity index is 1.73. The van der Waals surface area contributed by atoms with E-state index in [1.165, 1.54) is 17.8 Å². The number of piperidine rings is 1. The number of benzene rings is 1. The Morgan fingerprint density at radius 3 is 2.63 bits per heavy atom. The van der Waals surface area contributed by atoms with Crippen LogP contribution in [-0.4, -0.2) is 48.7 Å². The number of sulfone groups is 1. The molecule has 0 aromatic heterocycles. The molecule has 0 aliphatic carbocycles.